The first-order chi connectivity index (χ1) is 11.1. The van der Waals surface area contributed by atoms with Crippen LogP contribution in [-0.2, 0) is 6.42 Å². The summed E-state index contributed by atoms with van der Waals surface area (Å²) < 4.78 is 5.29. The zero-order chi connectivity index (χ0) is 16.7. The quantitative estimate of drug-likeness (QED) is 0.361. The maximum Gasteiger partial charge on any atom is 0.343 e. The van der Waals surface area contributed by atoms with E-state index in [1.54, 1.807) is 12.1 Å². The van der Waals surface area contributed by atoms with E-state index in [9.17, 15) is 14.7 Å². The number of hydrogen-bond acceptors (Lipinski definition) is 4. The first-order valence-corrected chi connectivity index (χ1v) is 7.73. The van der Waals surface area contributed by atoms with E-state index in [4.69, 9.17) is 4.74 Å². The summed E-state index contributed by atoms with van der Waals surface area (Å²) in [6.45, 7) is 2.14. The molecule has 0 bridgehead atoms. The monoisotopic (exact) mass is 312 g/mol. The molecule has 4 nitrogen and oxygen atoms in total. The lowest BCUT2D eigenvalue weighted by molar-refractivity contribution is 0.0733. The van der Waals surface area contributed by atoms with E-state index in [-0.39, 0.29) is 11.5 Å². The molecule has 0 amide bonds. The van der Waals surface area contributed by atoms with Crippen molar-refractivity contribution >= 4 is 12.3 Å². The summed E-state index contributed by atoms with van der Waals surface area (Å²) in [6, 6.07) is 11.1. The first kappa shape index (κ1) is 16.7. The highest BCUT2D eigenvalue weighted by Crippen LogP contribution is 2.21. The molecule has 0 fully saturated rings. The van der Waals surface area contributed by atoms with Gasteiger partial charge in [-0.05, 0) is 54.8 Å². The van der Waals surface area contributed by atoms with Crippen LogP contribution < -0.4 is 4.74 Å². The summed E-state index contributed by atoms with van der Waals surface area (Å²) in [4.78, 5) is 23.3. The Hall–Kier alpha value is -2.62. The Balaban J connectivity index is 2.11. The van der Waals surface area contributed by atoms with Crippen molar-refractivity contribution in [3.05, 3.63) is 59.2 Å². The lowest BCUT2D eigenvalue weighted by Crippen LogP contribution is -2.09. The number of esters is 1. The van der Waals surface area contributed by atoms with Crippen LogP contribution in [0.1, 0.15) is 52.5 Å². The Kier molecular flexibility index (Phi) is 5.92. The molecule has 120 valence electrons. The van der Waals surface area contributed by atoms with E-state index < -0.39 is 5.97 Å². The summed E-state index contributed by atoms with van der Waals surface area (Å²) in [5.74, 6) is -0.240. The fourth-order valence-electron chi connectivity index (χ4n) is 2.27. The van der Waals surface area contributed by atoms with Crippen LogP contribution in [0.2, 0.25) is 0 Å². The van der Waals surface area contributed by atoms with Gasteiger partial charge < -0.3 is 9.84 Å². The molecule has 0 heterocycles. The van der Waals surface area contributed by atoms with Crippen molar-refractivity contribution in [1.82, 2.24) is 0 Å². The molecule has 1 N–H and O–H groups in total. The van der Waals surface area contributed by atoms with E-state index in [2.05, 4.69) is 6.92 Å². The molecular formula is C19H20O4. The van der Waals surface area contributed by atoms with E-state index in [1.165, 1.54) is 24.3 Å². The van der Waals surface area contributed by atoms with Crippen LogP contribution in [-0.4, -0.2) is 17.4 Å². The number of aryl methyl sites for hydroxylation is 1. The van der Waals surface area contributed by atoms with Crippen molar-refractivity contribution < 1.29 is 19.4 Å². The summed E-state index contributed by atoms with van der Waals surface area (Å²) in [6.07, 6.45) is 4.96. The van der Waals surface area contributed by atoms with Crippen molar-refractivity contribution in [3.8, 4) is 11.5 Å². The fraction of sp³-hybridized carbons (Fsp3) is 0.263. The molecule has 2 aromatic rings. The largest absolute Gasteiger partial charge is 0.508 e. The number of benzene rings is 2. The number of unbranched alkanes of at least 4 members (excludes halogenated alkanes) is 2. The maximum absolute atomic E-state index is 12.1. The summed E-state index contributed by atoms with van der Waals surface area (Å²) in [5.41, 5.74) is 1.74. The average Bonchev–Trinajstić information content (AvgIpc) is 2.56. The first-order valence-electron chi connectivity index (χ1n) is 7.73. The Morgan fingerprint density at radius 3 is 2.52 bits per heavy atom. The molecule has 0 aliphatic rings. The molecule has 0 unspecified atom stereocenters. The second kappa shape index (κ2) is 8.13. The molecule has 4 heteroatoms. The molecular weight excluding hydrogens is 292 g/mol. The van der Waals surface area contributed by atoms with E-state index in [0.29, 0.717) is 17.4 Å². The minimum absolute atomic E-state index is 0.0755. The van der Waals surface area contributed by atoms with Crippen molar-refractivity contribution in [2.75, 3.05) is 0 Å². The van der Waals surface area contributed by atoms with Gasteiger partial charge in [-0.15, -0.1) is 0 Å². The summed E-state index contributed by atoms with van der Waals surface area (Å²) in [5, 5.41) is 9.23. The zero-order valence-corrected chi connectivity index (χ0v) is 13.1. The normalized spacial score (nSPS) is 10.3. The lowest BCUT2D eigenvalue weighted by atomic mass is 10.0. The van der Waals surface area contributed by atoms with E-state index in [1.807, 2.05) is 6.07 Å². The van der Waals surface area contributed by atoms with Crippen LogP contribution in [0.3, 0.4) is 0 Å². The van der Waals surface area contributed by atoms with Gasteiger partial charge in [-0.1, -0.05) is 25.8 Å². The smallest absolute Gasteiger partial charge is 0.343 e. The number of ether oxygens (including phenoxy) is 1. The highest BCUT2D eigenvalue weighted by atomic mass is 16.5. The minimum atomic E-state index is -0.563. The zero-order valence-electron chi connectivity index (χ0n) is 13.1. The number of aldehydes is 1. The summed E-state index contributed by atoms with van der Waals surface area (Å²) >= 11 is 0. The second-order valence-corrected chi connectivity index (χ2v) is 5.38. The number of carbonyl (C=O) groups excluding carboxylic acids is 2. The number of phenolic OH excluding ortho intramolecular Hbond substituents is 1. The molecule has 2 aromatic carbocycles. The number of hydrogen-bond donors (Lipinski definition) is 1. The Morgan fingerprint density at radius 2 is 1.87 bits per heavy atom. The van der Waals surface area contributed by atoms with Gasteiger partial charge in [-0.25, -0.2) is 4.79 Å². The third kappa shape index (κ3) is 4.68. The van der Waals surface area contributed by atoms with Gasteiger partial charge in [0.1, 0.15) is 11.5 Å². The van der Waals surface area contributed by atoms with Crippen molar-refractivity contribution in [1.29, 1.82) is 0 Å². The predicted molar refractivity (Wildman–Crippen MR) is 88.1 cm³/mol. The van der Waals surface area contributed by atoms with Crippen LogP contribution in [0.15, 0.2) is 42.5 Å². The van der Waals surface area contributed by atoms with Crippen molar-refractivity contribution in [2.45, 2.75) is 32.6 Å². The molecule has 0 radical (unpaired) electrons. The SMILES string of the molecule is CCCCCc1ccc(OC(=O)c2ccc(O)cc2)c(C=O)c1. The number of phenols is 1. The third-order valence-corrected chi connectivity index (χ3v) is 3.58. The molecule has 2 rings (SSSR count). The highest BCUT2D eigenvalue weighted by molar-refractivity contribution is 5.92. The van der Waals surface area contributed by atoms with Gasteiger partial charge in [0.15, 0.2) is 6.29 Å². The molecule has 0 atom stereocenters. The van der Waals surface area contributed by atoms with Gasteiger partial charge in [-0.2, -0.15) is 0 Å². The number of rotatable bonds is 7. The van der Waals surface area contributed by atoms with E-state index in [0.717, 1.165) is 31.2 Å². The fourth-order valence-corrected chi connectivity index (χ4v) is 2.27. The van der Waals surface area contributed by atoms with Gasteiger partial charge in [0.05, 0.1) is 11.1 Å². The second-order valence-electron chi connectivity index (χ2n) is 5.38. The third-order valence-electron chi connectivity index (χ3n) is 3.58. The predicted octanol–water partition coefficient (Wildman–Crippen LogP) is 4.16. The number of aromatic hydroxyl groups is 1. The standard InChI is InChI=1S/C19H20O4/c1-2-3-4-5-14-6-11-18(16(12-14)13-20)23-19(22)15-7-9-17(21)10-8-15/h6-13,21H,2-5H2,1H3. The van der Waals surface area contributed by atoms with Crippen LogP contribution in [0.25, 0.3) is 0 Å². The van der Waals surface area contributed by atoms with Gasteiger partial charge in [0.25, 0.3) is 0 Å². The minimum Gasteiger partial charge on any atom is -0.508 e. The van der Waals surface area contributed by atoms with Crippen LogP contribution in [0, 0.1) is 0 Å². The molecule has 23 heavy (non-hydrogen) atoms. The van der Waals surface area contributed by atoms with Gasteiger partial charge >= 0.3 is 5.97 Å². The van der Waals surface area contributed by atoms with Crippen molar-refractivity contribution in [3.63, 3.8) is 0 Å². The van der Waals surface area contributed by atoms with Crippen LogP contribution in [0.4, 0.5) is 0 Å². The highest BCUT2D eigenvalue weighted by Gasteiger charge is 2.12. The summed E-state index contributed by atoms with van der Waals surface area (Å²) in [7, 11) is 0. The molecule has 0 aliphatic carbocycles. The molecule has 0 saturated carbocycles. The molecule has 0 saturated heterocycles. The Bertz CT molecular complexity index is 674. The van der Waals surface area contributed by atoms with Gasteiger partial charge in [0.2, 0.25) is 0 Å². The van der Waals surface area contributed by atoms with Crippen LogP contribution >= 0.6 is 0 Å². The van der Waals surface area contributed by atoms with Crippen LogP contribution in [0.5, 0.6) is 11.5 Å². The Labute approximate surface area is 135 Å². The number of carbonyl (C=O) groups is 2. The lowest BCUT2D eigenvalue weighted by Gasteiger charge is -2.09. The van der Waals surface area contributed by atoms with E-state index >= 15 is 0 Å². The Morgan fingerprint density at radius 1 is 1.13 bits per heavy atom. The molecule has 0 aromatic heterocycles. The maximum atomic E-state index is 12.1. The average molecular weight is 312 g/mol. The molecule has 0 aliphatic heterocycles. The van der Waals surface area contributed by atoms with Gasteiger partial charge in [-0.3, -0.25) is 4.79 Å². The topological polar surface area (TPSA) is 63.6 Å². The van der Waals surface area contributed by atoms with Gasteiger partial charge in [0, 0.05) is 0 Å². The molecule has 0 spiro atoms. The van der Waals surface area contributed by atoms with Crippen molar-refractivity contribution in [2.24, 2.45) is 0 Å².